The molecule has 2 saturated carbocycles. The fourth-order valence-electron chi connectivity index (χ4n) is 3.66. The van der Waals surface area contributed by atoms with Gasteiger partial charge in [0.2, 0.25) is 0 Å². The molecule has 210 valence electrons. The molecular formula is C24H36BCl3F4OPt2. The molecule has 0 radical (unpaired) electrons. The summed E-state index contributed by atoms with van der Waals surface area (Å²) < 4.78 is 39.0. The van der Waals surface area contributed by atoms with E-state index in [-0.39, 0.29) is 66.0 Å². The zero-order valence-electron chi connectivity index (χ0n) is 19.7. The summed E-state index contributed by atoms with van der Waals surface area (Å²) in [5, 5.41) is 11.1. The summed E-state index contributed by atoms with van der Waals surface area (Å²) in [7, 11) is -6.00. The first-order chi connectivity index (χ1) is 15.3. The van der Waals surface area contributed by atoms with E-state index in [2.05, 4.69) is 48.6 Å². The van der Waals surface area contributed by atoms with Crippen molar-refractivity contribution in [2.45, 2.75) is 76.7 Å². The third-order valence-electron chi connectivity index (χ3n) is 5.11. The van der Waals surface area contributed by atoms with Gasteiger partial charge in [0.25, 0.3) is 0 Å². The van der Waals surface area contributed by atoms with E-state index in [4.69, 9.17) is 23.2 Å². The summed E-state index contributed by atoms with van der Waals surface area (Å²) in [6.45, 7) is 0. The van der Waals surface area contributed by atoms with Gasteiger partial charge in [-0.1, -0.05) is 73.8 Å². The normalized spacial score (nSPS) is 27.1. The number of allylic oxidation sites excluding steroid dienone is 8. The Morgan fingerprint density at radius 3 is 1.06 bits per heavy atom. The van der Waals surface area contributed by atoms with E-state index in [9.17, 15) is 22.4 Å². The van der Waals surface area contributed by atoms with Gasteiger partial charge >= 0.3 is 49.4 Å². The molecule has 1 nitrogen and oxygen atoms in total. The maximum atomic E-state index is 10.9. The molecule has 0 unspecified atom stereocenters. The van der Waals surface area contributed by atoms with Crippen LogP contribution in [0.5, 0.6) is 0 Å². The van der Waals surface area contributed by atoms with E-state index in [1.54, 1.807) is 0 Å². The summed E-state index contributed by atoms with van der Waals surface area (Å²) in [5.41, 5.74) is 0. The van der Waals surface area contributed by atoms with Gasteiger partial charge in [0.1, 0.15) is 0 Å². The van der Waals surface area contributed by atoms with E-state index < -0.39 is 7.25 Å². The first-order valence-electron chi connectivity index (χ1n) is 11.4. The van der Waals surface area contributed by atoms with E-state index in [0.29, 0.717) is 11.8 Å². The van der Waals surface area contributed by atoms with E-state index in [1.807, 2.05) is 6.42 Å². The third kappa shape index (κ3) is 32.9. The SMILES string of the molecule is C1=C\CC/C=C\CC/1.C1=C\CC/C=C\CC/1.ClCCl.F[B-](F)(F)F.[Cl-].[O-][C@@H]1[CH-][C@H]2CC[C@@H]1C2.[Pt+2].[Pt+2]. The average molecular weight is 924 g/mol. The van der Waals surface area contributed by atoms with Crippen LogP contribution in [0.3, 0.4) is 0 Å². The van der Waals surface area contributed by atoms with Crippen molar-refractivity contribution in [3.63, 3.8) is 0 Å². The smallest absolute Gasteiger partial charge is 1.00 e. The number of hydrogen-bond acceptors (Lipinski definition) is 1. The number of hydrogen-bond donors (Lipinski definition) is 0. The summed E-state index contributed by atoms with van der Waals surface area (Å²) in [4.78, 5) is 0. The largest absolute Gasteiger partial charge is 2.00 e. The Morgan fingerprint density at radius 1 is 0.686 bits per heavy atom. The van der Waals surface area contributed by atoms with Crippen LogP contribution in [0.25, 0.3) is 0 Å². The van der Waals surface area contributed by atoms with Crippen LogP contribution in [0, 0.1) is 18.3 Å². The fraction of sp³-hybridized carbons (Fsp3) is 0.625. The summed E-state index contributed by atoms with van der Waals surface area (Å²) in [6.07, 6.45) is 33.4. The Kier molecular flexibility index (Phi) is 36.3. The van der Waals surface area contributed by atoms with Crippen LogP contribution in [-0.2, 0) is 42.1 Å². The Balaban J connectivity index is -0.000000174. The first kappa shape index (κ1) is 43.0. The molecule has 0 aromatic carbocycles. The van der Waals surface area contributed by atoms with E-state index in [0.717, 1.165) is 0 Å². The van der Waals surface area contributed by atoms with Crippen molar-refractivity contribution in [3.8, 4) is 0 Å². The van der Waals surface area contributed by atoms with Crippen LogP contribution in [0.1, 0.15) is 70.6 Å². The molecule has 0 aromatic rings. The first-order valence-corrected chi connectivity index (χ1v) is 12.4. The molecule has 4 rings (SSSR count). The second-order valence-corrected chi connectivity index (χ2v) is 8.59. The third-order valence-corrected chi connectivity index (χ3v) is 5.11. The van der Waals surface area contributed by atoms with Crippen LogP contribution < -0.4 is 17.5 Å². The molecule has 3 atom stereocenters. The van der Waals surface area contributed by atoms with E-state index >= 15 is 0 Å². The second-order valence-electron chi connectivity index (χ2n) is 7.78. The molecular weight excluding hydrogens is 888 g/mol. The molecule has 0 N–H and O–H groups in total. The van der Waals surface area contributed by atoms with E-state index in [1.165, 1.54) is 70.6 Å². The molecule has 2 bridgehead atoms. The van der Waals surface area contributed by atoms with Crippen molar-refractivity contribution in [1.29, 1.82) is 0 Å². The summed E-state index contributed by atoms with van der Waals surface area (Å²) in [5.74, 6) is 1.24. The molecule has 35 heavy (non-hydrogen) atoms. The fourth-order valence-corrected chi connectivity index (χ4v) is 3.66. The van der Waals surface area contributed by atoms with Crippen molar-refractivity contribution >= 4 is 30.5 Å². The molecule has 2 fully saturated rings. The van der Waals surface area contributed by atoms with Gasteiger partial charge in [-0.3, -0.25) is 6.10 Å². The molecule has 0 spiro atoms. The summed E-state index contributed by atoms with van der Waals surface area (Å²) >= 11 is 9.53. The second kappa shape index (κ2) is 29.5. The van der Waals surface area contributed by atoms with Crippen molar-refractivity contribution in [2.75, 3.05) is 5.34 Å². The zero-order chi connectivity index (χ0) is 24.1. The quantitative estimate of drug-likeness (QED) is 0.105. The van der Waals surface area contributed by atoms with Crippen molar-refractivity contribution in [1.82, 2.24) is 0 Å². The minimum Gasteiger partial charge on any atom is -1.00 e. The maximum Gasteiger partial charge on any atom is 2.00 e. The topological polar surface area (TPSA) is 23.1 Å². The number of halogens is 7. The molecule has 0 heterocycles. The summed E-state index contributed by atoms with van der Waals surface area (Å²) in [6, 6.07) is 0. The van der Waals surface area contributed by atoms with Gasteiger partial charge in [-0.25, -0.2) is 0 Å². The Morgan fingerprint density at radius 2 is 0.943 bits per heavy atom. The number of rotatable bonds is 0. The molecule has 4 aliphatic carbocycles. The maximum absolute atomic E-state index is 10.9. The van der Waals surface area contributed by atoms with Gasteiger partial charge in [0.15, 0.2) is 0 Å². The van der Waals surface area contributed by atoms with Crippen LogP contribution >= 0.6 is 23.2 Å². The zero-order valence-corrected chi connectivity index (χ0v) is 26.5. The molecule has 4 aliphatic rings. The molecule has 0 aromatic heterocycles. The van der Waals surface area contributed by atoms with Gasteiger partial charge < -0.3 is 41.2 Å². The number of fused-ring (bicyclic) bond motifs is 2. The van der Waals surface area contributed by atoms with Gasteiger partial charge in [-0.2, -0.15) is 5.92 Å². The van der Waals surface area contributed by atoms with Crippen LogP contribution in [0.4, 0.5) is 17.3 Å². The van der Waals surface area contributed by atoms with Crippen LogP contribution in [-0.4, -0.2) is 18.7 Å². The molecule has 0 amide bonds. The Bertz CT molecular complexity index is 477. The van der Waals surface area contributed by atoms with Crippen LogP contribution in [0.2, 0.25) is 0 Å². The van der Waals surface area contributed by atoms with Gasteiger partial charge in [0, 0.05) is 0 Å². The standard InChI is InChI=1S/2C8H12.C7H10O.CH2Cl2.BF4.ClH.2Pt/c2*1-2-4-6-8-7-5-3-1;8-7-4-5-1-2-6(7)3-5;2-1-3;2-1(3,4)5;;;/h2*1-2,7-8H,3-6H2;4-7H,1-3H2;1H2;;1H;;/q;;-2;;-1;;2*+2/p-1/b2*2-1-,8-7-;;;;;;/t;;5-,6+,7+;;;;;/m..0...../s1. The van der Waals surface area contributed by atoms with Gasteiger partial charge in [-0.15, -0.1) is 23.2 Å². The predicted octanol–water partition coefficient (Wildman–Crippen LogP) is 5.42. The molecule has 0 saturated heterocycles. The minimum atomic E-state index is -6.00. The predicted molar refractivity (Wildman–Crippen MR) is 129 cm³/mol. The van der Waals surface area contributed by atoms with Crippen molar-refractivity contribution in [2.24, 2.45) is 11.8 Å². The van der Waals surface area contributed by atoms with Gasteiger partial charge in [-0.05, 0) is 51.4 Å². The Hall–Kier alpha value is 0.952. The molecule has 11 heteroatoms. The number of alkyl halides is 2. The molecule has 0 aliphatic heterocycles. The monoisotopic (exact) mass is 922 g/mol. The average Bonchev–Trinajstić information content (AvgIpc) is 3.23. The van der Waals surface area contributed by atoms with Crippen molar-refractivity contribution < 1.29 is 76.9 Å². The minimum absolute atomic E-state index is 0. The van der Waals surface area contributed by atoms with Crippen LogP contribution in [0.15, 0.2) is 48.6 Å². The van der Waals surface area contributed by atoms with Crippen molar-refractivity contribution in [3.05, 3.63) is 55.0 Å². The van der Waals surface area contributed by atoms with Gasteiger partial charge in [0.05, 0.1) is 5.34 Å². The Labute approximate surface area is 254 Å².